The Morgan fingerprint density at radius 1 is 1.20 bits per heavy atom. The topological polar surface area (TPSA) is 35.2 Å². The summed E-state index contributed by atoms with van der Waals surface area (Å²) in [6, 6.07) is 2.88. The molecule has 5 heteroatoms. The zero-order valence-corrected chi connectivity index (χ0v) is 10.1. The molecule has 0 bridgehead atoms. The van der Waals surface area contributed by atoms with Crippen molar-refractivity contribution in [3.05, 3.63) is 29.3 Å². The first-order valence-corrected chi connectivity index (χ1v) is 8.12. The van der Waals surface area contributed by atoms with Crippen LogP contribution in [-0.2, 0) is 6.54 Å². The van der Waals surface area contributed by atoms with Gasteiger partial charge in [0.15, 0.2) is 11.6 Å². The lowest BCUT2D eigenvalue weighted by atomic mass is 10.2. The second-order valence-corrected chi connectivity index (χ2v) is 8.70. The zero-order chi connectivity index (χ0) is 11.6. The highest BCUT2D eigenvalue weighted by Crippen LogP contribution is 2.24. The van der Waals surface area contributed by atoms with Gasteiger partial charge in [0.2, 0.25) is 8.32 Å². The standard InChI is InChI=1S/C10H15F2NOSi/c1-15(2,3)14-8-5-4-7(6-13)9(11)10(8)12/h4-5H,6,13H2,1-3H3. The molecule has 0 unspecified atom stereocenters. The fraction of sp³-hybridized carbons (Fsp3) is 0.400. The van der Waals surface area contributed by atoms with E-state index in [1.54, 1.807) is 0 Å². The van der Waals surface area contributed by atoms with E-state index in [4.69, 9.17) is 10.2 Å². The maximum absolute atomic E-state index is 13.4. The highest BCUT2D eigenvalue weighted by atomic mass is 28.4. The van der Waals surface area contributed by atoms with E-state index in [9.17, 15) is 8.78 Å². The Morgan fingerprint density at radius 3 is 2.27 bits per heavy atom. The van der Waals surface area contributed by atoms with Gasteiger partial charge in [0.05, 0.1) is 0 Å². The third-order valence-electron chi connectivity index (χ3n) is 1.76. The highest BCUT2D eigenvalue weighted by molar-refractivity contribution is 6.70. The Bertz CT molecular complexity index is 363. The molecule has 0 radical (unpaired) electrons. The summed E-state index contributed by atoms with van der Waals surface area (Å²) in [5, 5.41) is 0. The van der Waals surface area contributed by atoms with Gasteiger partial charge in [-0.3, -0.25) is 0 Å². The lowest BCUT2D eigenvalue weighted by molar-refractivity contribution is 0.445. The Hall–Kier alpha value is -0.943. The van der Waals surface area contributed by atoms with Crippen molar-refractivity contribution in [1.82, 2.24) is 0 Å². The molecule has 0 atom stereocenters. The number of nitrogens with two attached hydrogens (primary N) is 1. The van der Waals surface area contributed by atoms with Gasteiger partial charge < -0.3 is 10.2 Å². The van der Waals surface area contributed by atoms with Crippen molar-refractivity contribution >= 4 is 8.32 Å². The van der Waals surface area contributed by atoms with Gasteiger partial charge in [-0.15, -0.1) is 0 Å². The minimum Gasteiger partial charge on any atom is -0.542 e. The average Bonchev–Trinajstić information content (AvgIpc) is 2.11. The molecule has 0 saturated carbocycles. The summed E-state index contributed by atoms with van der Waals surface area (Å²) in [7, 11) is -1.92. The third-order valence-corrected chi connectivity index (χ3v) is 2.60. The van der Waals surface area contributed by atoms with E-state index in [1.807, 2.05) is 19.6 Å². The minimum absolute atomic E-state index is 0.0179. The SMILES string of the molecule is C[Si](C)(C)Oc1ccc(CN)c(F)c1F. The molecule has 2 nitrogen and oxygen atoms in total. The van der Waals surface area contributed by atoms with Crippen LogP contribution in [-0.4, -0.2) is 8.32 Å². The third kappa shape index (κ3) is 3.00. The van der Waals surface area contributed by atoms with Gasteiger partial charge in [-0.2, -0.15) is 4.39 Å². The minimum atomic E-state index is -1.92. The molecule has 0 saturated heterocycles. The fourth-order valence-corrected chi connectivity index (χ4v) is 1.96. The Balaban J connectivity index is 3.07. The molecule has 0 aliphatic heterocycles. The van der Waals surface area contributed by atoms with Gasteiger partial charge in [-0.25, -0.2) is 4.39 Å². The van der Waals surface area contributed by atoms with Crippen molar-refractivity contribution in [3.8, 4) is 5.75 Å². The number of benzene rings is 1. The number of hydrogen-bond donors (Lipinski definition) is 1. The van der Waals surface area contributed by atoms with Crippen molar-refractivity contribution < 1.29 is 13.2 Å². The van der Waals surface area contributed by atoms with Crippen molar-refractivity contribution in [2.75, 3.05) is 0 Å². The van der Waals surface area contributed by atoms with Crippen LogP contribution in [0.4, 0.5) is 8.78 Å². The maximum atomic E-state index is 13.4. The predicted octanol–water partition coefficient (Wildman–Crippen LogP) is 2.64. The first kappa shape index (κ1) is 12.1. The molecule has 0 aliphatic rings. The molecule has 2 N–H and O–H groups in total. The van der Waals surface area contributed by atoms with Crippen LogP contribution in [0, 0.1) is 11.6 Å². The number of hydrogen-bond acceptors (Lipinski definition) is 2. The van der Waals surface area contributed by atoms with Crippen molar-refractivity contribution in [1.29, 1.82) is 0 Å². The molecular formula is C10H15F2NOSi. The van der Waals surface area contributed by atoms with E-state index < -0.39 is 20.0 Å². The van der Waals surface area contributed by atoms with Gasteiger partial charge in [0, 0.05) is 12.1 Å². The summed E-state index contributed by atoms with van der Waals surface area (Å²) in [4.78, 5) is 0. The second-order valence-electron chi connectivity index (χ2n) is 4.27. The van der Waals surface area contributed by atoms with E-state index >= 15 is 0 Å². The van der Waals surface area contributed by atoms with Gasteiger partial charge in [-0.05, 0) is 25.7 Å². The smallest absolute Gasteiger partial charge is 0.242 e. The molecule has 1 aromatic carbocycles. The molecule has 0 aliphatic carbocycles. The first-order chi connectivity index (χ1) is 6.85. The number of rotatable bonds is 3. The lowest BCUT2D eigenvalue weighted by Gasteiger charge is -2.20. The van der Waals surface area contributed by atoms with Crippen LogP contribution in [0.1, 0.15) is 5.56 Å². The van der Waals surface area contributed by atoms with Gasteiger partial charge in [-0.1, -0.05) is 6.07 Å². The lowest BCUT2D eigenvalue weighted by Crippen LogP contribution is -2.30. The molecular weight excluding hydrogens is 216 g/mol. The molecule has 15 heavy (non-hydrogen) atoms. The van der Waals surface area contributed by atoms with Gasteiger partial charge in [0.25, 0.3) is 0 Å². The van der Waals surface area contributed by atoms with E-state index in [0.29, 0.717) is 0 Å². The summed E-state index contributed by atoms with van der Waals surface area (Å²) < 4.78 is 32.2. The van der Waals surface area contributed by atoms with Crippen LogP contribution in [0.3, 0.4) is 0 Å². The van der Waals surface area contributed by atoms with Crippen LogP contribution in [0.5, 0.6) is 5.75 Å². The summed E-state index contributed by atoms with van der Waals surface area (Å²) in [5.74, 6) is -1.88. The van der Waals surface area contributed by atoms with E-state index in [-0.39, 0.29) is 17.9 Å². The molecule has 0 fully saturated rings. The van der Waals surface area contributed by atoms with E-state index in [0.717, 1.165) is 0 Å². The second kappa shape index (κ2) is 4.28. The van der Waals surface area contributed by atoms with E-state index in [1.165, 1.54) is 12.1 Å². The Labute approximate surface area is 89.2 Å². The summed E-state index contributed by atoms with van der Waals surface area (Å²) in [6.07, 6.45) is 0. The molecule has 0 heterocycles. The van der Waals surface area contributed by atoms with Gasteiger partial charge >= 0.3 is 0 Å². The Kier molecular flexibility index (Phi) is 3.46. The fourth-order valence-electron chi connectivity index (χ4n) is 1.14. The quantitative estimate of drug-likeness (QED) is 0.812. The summed E-state index contributed by atoms with van der Waals surface area (Å²) >= 11 is 0. The predicted molar refractivity (Wildman–Crippen MR) is 58.2 cm³/mol. The molecule has 1 aromatic rings. The maximum Gasteiger partial charge on any atom is 0.242 e. The molecule has 0 aromatic heterocycles. The van der Waals surface area contributed by atoms with Crippen LogP contribution < -0.4 is 10.2 Å². The zero-order valence-electron chi connectivity index (χ0n) is 9.10. The number of halogens is 2. The summed E-state index contributed by atoms with van der Waals surface area (Å²) in [5.41, 5.74) is 5.42. The monoisotopic (exact) mass is 231 g/mol. The molecule has 0 amide bonds. The first-order valence-electron chi connectivity index (χ1n) is 4.71. The molecule has 84 valence electrons. The molecule has 1 rings (SSSR count). The van der Waals surface area contributed by atoms with Crippen LogP contribution in [0.2, 0.25) is 19.6 Å². The highest BCUT2D eigenvalue weighted by Gasteiger charge is 2.21. The van der Waals surface area contributed by atoms with Crippen molar-refractivity contribution in [2.24, 2.45) is 5.73 Å². The van der Waals surface area contributed by atoms with Gasteiger partial charge in [0.1, 0.15) is 5.75 Å². The van der Waals surface area contributed by atoms with Crippen molar-refractivity contribution in [2.45, 2.75) is 26.2 Å². The van der Waals surface area contributed by atoms with E-state index in [2.05, 4.69) is 0 Å². The average molecular weight is 231 g/mol. The summed E-state index contributed by atoms with van der Waals surface area (Å²) in [6.45, 7) is 5.69. The van der Waals surface area contributed by atoms with Crippen molar-refractivity contribution in [3.63, 3.8) is 0 Å². The van der Waals surface area contributed by atoms with Crippen LogP contribution in [0.25, 0.3) is 0 Å². The largest absolute Gasteiger partial charge is 0.542 e. The van der Waals surface area contributed by atoms with Crippen LogP contribution >= 0.6 is 0 Å². The van der Waals surface area contributed by atoms with Crippen LogP contribution in [0.15, 0.2) is 12.1 Å². The normalized spacial score (nSPS) is 11.6. The molecule has 0 spiro atoms. The Morgan fingerprint density at radius 2 is 1.80 bits per heavy atom.